The number of hydrogen-bond donors (Lipinski definition) is 1. The van der Waals surface area contributed by atoms with Crippen LogP contribution in [0.15, 0.2) is 30.3 Å². The molecule has 1 atom stereocenters. The molecule has 0 saturated heterocycles. The van der Waals surface area contributed by atoms with Crippen LogP contribution in [0.25, 0.3) is 0 Å². The lowest BCUT2D eigenvalue weighted by molar-refractivity contribution is -0.121. The van der Waals surface area contributed by atoms with Gasteiger partial charge in [0.2, 0.25) is 5.91 Å². The van der Waals surface area contributed by atoms with Gasteiger partial charge in [-0.05, 0) is 12.0 Å². The second-order valence-electron chi connectivity index (χ2n) is 3.76. The van der Waals surface area contributed by atoms with Crippen molar-refractivity contribution in [2.45, 2.75) is 32.2 Å². The molecule has 3 heteroatoms. The lowest BCUT2D eigenvalue weighted by Crippen LogP contribution is -2.28. The molecular formula is C13H18BrNO. The molecule has 0 aliphatic heterocycles. The summed E-state index contributed by atoms with van der Waals surface area (Å²) in [4.78, 5) is 11.6. The van der Waals surface area contributed by atoms with E-state index in [0.717, 1.165) is 12.8 Å². The molecule has 16 heavy (non-hydrogen) atoms. The molecule has 1 rings (SSSR count). The predicted molar refractivity (Wildman–Crippen MR) is 70.6 cm³/mol. The number of hydrogen-bond acceptors (Lipinski definition) is 1. The highest BCUT2D eigenvalue weighted by molar-refractivity contribution is 9.09. The molecule has 0 aromatic heterocycles. The molecule has 0 heterocycles. The summed E-state index contributed by atoms with van der Waals surface area (Å²) in [5.74, 6) is 0.110. The van der Waals surface area contributed by atoms with Crippen LogP contribution < -0.4 is 5.32 Å². The zero-order valence-electron chi connectivity index (χ0n) is 9.58. The Kier molecular flexibility index (Phi) is 6.16. The van der Waals surface area contributed by atoms with E-state index in [9.17, 15) is 4.79 Å². The number of halogens is 1. The van der Waals surface area contributed by atoms with Gasteiger partial charge in [0.15, 0.2) is 0 Å². The number of benzene rings is 1. The monoisotopic (exact) mass is 283 g/mol. The Morgan fingerprint density at radius 3 is 2.62 bits per heavy atom. The van der Waals surface area contributed by atoms with Gasteiger partial charge in [0, 0.05) is 11.8 Å². The van der Waals surface area contributed by atoms with E-state index in [1.807, 2.05) is 18.2 Å². The van der Waals surface area contributed by atoms with Crippen molar-refractivity contribution in [3.63, 3.8) is 0 Å². The number of alkyl halides is 1. The van der Waals surface area contributed by atoms with E-state index in [0.29, 0.717) is 11.8 Å². The van der Waals surface area contributed by atoms with Crippen LogP contribution in [0, 0.1) is 0 Å². The fourth-order valence-electron chi connectivity index (χ4n) is 1.65. The van der Waals surface area contributed by atoms with E-state index in [-0.39, 0.29) is 11.9 Å². The Balaban J connectivity index is 2.64. The molecule has 0 aliphatic carbocycles. The summed E-state index contributed by atoms with van der Waals surface area (Å²) in [6.07, 6.45) is 2.58. The van der Waals surface area contributed by atoms with Crippen molar-refractivity contribution < 1.29 is 4.79 Å². The molecule has 1 unspecified atom stereocenters. The van der Waals surface area contributed by atoms with Crippen LogP contribution in [0.4, 0.5) is 0 Å². The van der Waals surface area contributed by atoms with Crippen LogP contribution in [0.2, 0.25) is 0 Å². The van der Waals surface area contributed by atoms with Crippen molar-refractivity contribution in [2.75, 3.05) is 5.33 Å². The summed E-state index contributed by atoms with van der Waals surface area (Å²) in [5, 5.41) is 3.78. The van der Waals surface area contributed by atoms with Gasteiger partial charge in [0.05, 0.1) is 6.04 Å². The molecule has 88 valence electrons. The van der Waals surface area contributed by atoms with E-state index >= 15 is 0 Å². The first kappa shape index (κ1) is 13.2. The zero-order chi connectivity index (χ0) is 11.8. The fourth-order valence-corrected chi connectivity index (χ4v) is 2.01. The second-order valence-corrected chi connectivity index (χ2v) is 4.55. The van der Waals surface area contributed by atoms with Crippen LogP contribution in [-0.4, -0.2) is 11.2 Å². The molecule has 0 saturated carbocycles. The molecular weight excluding hydrogens is 266 g/mol. The quantitative estimate of drug-likeness (QED) is 0.797. The maximum absolute atomic E-state index is 11.6. The highest BCUT2D eigenvalue weighted by Gasteiger charge is 2.12. The SMILES string of the molecule is CCCC(NC(=O)CCBr)c1ccccc1. The van der Waals surface area contributed by atoms with Crippen LogP contribution in [0.5, 0.6) is 0 Å². The molecule has 1 amide bonds. The van der Waals surface area contributed by atoms with Gasteiger partial charge in [-0.3, -0.25) is 4.79 Å². The van der Waals surface area contributed by atoms with Gasteiger partial charge in [-0.1, -0.05) is 59.6 Å². The molecule has 1 aromatic carbocycles. The standard InChI is InChI=1S/C13H18BrNO/c1-2-6-12(15-13(16)9-10-14)11-7-4-3-5-8-11/h3-5,7-8,12H,2,6,9-10H2,1H3,(H,15,16). The lowest BCUT2D eigenvalue weighted by atomic mass is 10.0. The van der Waals surface area contributed by atoms with Crippen molar-refractivity contribution in [3.05, 3.63) is 35.9 Å². The van der Waals surface area contributed by atoms with Crippen LogP contribution in [-0.2, 0) is 4.79 Å². The number of rotatable bonds is 6. The number of nitrogens with one attached hydrogen (secondary N) is 1. The average molecular weight is 284 g/mol. The van der Waals surface area contributed by atoms with Gasteiger partial charge >= 0.3 is 0 Å². The molecule has 0 fully saturated rings. The predicted octanol–water partition coefficient (Wildman–Crippen LogP) is 3.43. The summed E-state index contributed by atoms with van der Waals surface area (Å²) in [5.41, 5.74) is 1.19. The fraction of sp³-hybridized carbons (Fsp3) is 0.462. The Bertz CT molecular complexity index is 313. The van der Waals surface area contributed by atoms with E-state index in [2.05, 4.69) is 40.3 Å². The maximum Gasteiger partial charge on any atom is 0.221 e. The minimum absolute atomic E-state index is 0.110. The van der Waals surface area contributed by atoms with Gasteiger partial charge < -0.3 is 5.32 Å². The number of amides is 1. The third-order valence-corrected chi connectivity index (χ3v) is 2.83. The summed E-state index contributed by atoms with van der Waals surface area (Å²) in [6, 6.07) is 10.3. The number of carbonyl (C=O) groups excluding carboxylic acids is 1. The Morgan fingerprint density at radius 1 is 1.38 bits per heavy atom. The molecule has 1 aromatic rings. The molecule has 0 aliphatic rings. The van der Waals surface area contributed by atoms with E-state index in [1.165, 1.54) is 5.56 Å². The summed E-state index contributed by atoms with van der Waals surface area (Å²) in [6.45, 7) is 2.13. The van der Waals surface area contributed by atoms with Gasteiger partial charge in [-0.15, -0.1) is 0 Å². The molecule has 2 nitrogen and oxygen atoms in total. The van der Waals surface area contributed by atoms with Crippen molar-refractivity contribution >= 4 is 21.8 Å². The van der Waals surface area contributed by atoms with Crippen LogP contribution in [0.1, 0.15) is 37.8 Å². The largest absolute Gasteiger partial charge is 0.349 e. The normalized spacial score (nSPS) is 12.1. The highest BCUT2D eigenvalue weighted by atomic mass is 79.9. The highest BCUT2D eigenvalue weighted by Crippen LogP contribution is 2.18. The van der Waals surface area contributed by atoms with Gasteiger partial charge in [0.25, 0.3) is 0 Å². The first-order chi connectivity index (χ1) is 7.77. The summed E-state index contributed by atoms with van der Waals surface area (Å²) < 4.78 is 0. The van der Waals surface area contributed by atoms with E-state index < -0.39 is 0 Å². The maximum atomic E-state index is 11.6. The second kappa shape index (κ2) is 7.44. The van der Waals surface area contributed by atoms with E-state index in [1.54, 1.807) is 0 Å². The van der Waals surface area contributed by atoms with Gasteiger partial charge in [-0.25, -0.2) is 0 Å². The van der Waals surface area contributed by atoms with Crippen LogP contribution in [0.3, 0.4) is 0 Å². The van der Waals surface area contributed by atoms with Crippen molar-refractivity contribution in [1.29, 1.82) is 0 Å². The Morgan fingerprint density at radius 2 is 2.06 bits per heavy atom. The van der Waals surface area contributed by atoms with Gasteiger partial charge in [0.1, 0.15) is 0 Å². The first-order valence-corrected chi connectivity index (χ1v) is 6.80. The third kappa shape index (κ3) is 4.35. The van der Waals surface area contributed by atoms with Crippen molar-refractivity contribution in [1.82, 2.24) is 5.32 Å². The average Bonchev–Trinajstić information content (AvgIpc) is 2.30. The summed E-state index contributed by atoms with van der Waals surface area (Å²) in [7, 11) is 0. The van der Waals surface area contributed by atoms with Crippen molar-refractivity contribution in [3.8, 4) is 0 Å². The molecule has 1 N–H and O–H groups in total. The minimum Gasteiger partial charge on any atom is -0.349 e. The van der Waals surface area contributed by atoms with Gasteiger partial charge in [-0.2, -0.15) is 0 Å². The molecule has 0 radical (unpaired) electrons. The Labute approximate surface area is 106 Å². The first-order valence-electron chi connectivity index (χ1n) is 5.68. The zero-order valence-corrected chi connectivity index (χ0v) is 11.2. The van der Waals surface area contributed by atoms with Crippen LogP contribution >= 0.6 is 15.9 Å². The minimum atomic E-state index is 0.110. The Hall–Kier alpha value is -0.830. The topological polar surface area (TPSA) is 29.1 Å². The third-order valence-electron chi connectivity index (χ3n) is 2.44. The smallest absolute Gasteiger partial charge is 0.221 e. The molecule has 0 bridgehead atoms. The lowest BCUT2D eigenvalue weighted by Gasteiger charge is -2.18. The number of carbonyl (C=O) groups is 1. The molecule has 0 spiro atoms. The van der Waals surface area contributed by atoms with E-state index in [4.69, 9.17) is 0 Å². The summed E-state index contributed by atoms with van der Waals surface area (Å²) >= 11 is 3.27. The van der Waals surface area contributed by atoms with Crippen molar-refractivity contribution in [2.24, 2.45) is 0 Å².